The maximum Gasteiger partial charge on any atom is 0.305 e. The highest BCUT2D eigenvalue weighted by Crippen LogP contribution is 2.05. The number of hydrogen-bond acceptors (Lipinski definition) is 3. The lowest BCUT2D eigenvalue weighted by Crippen LogP contribution is -2.34. The maximum atomic E-state index is 11.7. The second kappa shape index (κ2) is 5.25. The average molecular weight is 222 g/mol. The molecule has 1 aromatic heterocycles. The SMILES string of the molecule is Cc1ccncc1C(=O)NC(C)CC(=O)O. The van der Waals surface area contributed by atoms with Crippen molar-refractivity contribution in [3.8, 4) is 0 Å². The molecule has 1 heterocycles. The first-order valence-electron chi connectivity index (χ1n) is 4.94. The minimum Gasteiger partial charge on any atom is -0.481 e. The number of amides is 1. The summed E-state index contributed by atoms with van der Waals surface area (Å²) in [5, 5.41) is 11.2. The van der Waals surface area contributed by atoms with Crippen LogP contribution in [0.15, 0.2) is 18.5 Å². The van der Waals surface area contributed by atoms with E-state index in [1.165, 1.54) is 6.20 Å². The van der Waals surface area contributed by atoms with Crippen molar-refractivity contribution in [2.24, 2.45) is 0 Å². The minimum atomic E-state index is -0.935. The summed E-state index contributed by atoms with van der Waals surface area (Å²) in [7, 11) is 0. The van der Waals surface area contributed by atoms with Gasteiger partial charge < -0.3 is 10.4 Å². The van der Waals surface area contributed by atoms with Crippen molar-refractivity contribution in [3.63, 3.8) is 0 Å². The predicted octanol–water partition coefficient (Wildman–Crippen LogP) is 0.983. The summed E-state index contributed by atoms with van der Waals surface area (Å²) in [6.45, 7) is 3.45. The number of aryl methyl sites for hydroxylation is 1. The number of carbonyl (C=O) groups is 2. The van der Waals surface area contributed by atoms with Crippen molar-refractivity contribution >= 4 is 11.9 Å². The van der Waals surface area contributed by atoms with E-state index in [-0.39, 0.29) is 12.3 Å². The third-order valence-electron chi connectivity index (χ3n) is 2.14. The number of hydrogen-bond donors (Lipinski definition) is 2. The van der Waals surface area contributed by atoms with E-state index in [4.69, 9.17) is 5.11 Å². The molecular weight excluding hydrogens is 208 g/mol. The molecule has 1 amide bonds. The number of aromatic nitrogens is 1. The summed E-state index contributed by atoms with van der Waals surface area (Å²) in [5.74, 6) is -1.23. The van der Waals surface area contributed by atoms with Crippen LogP contribution in [0.5, 0.6) is 0 Å². The molecule has 0 saturated carbocycles. The monoisotopic (exact) mass is 222 g/mol. The molecule has 0 fully saturated rings. The van der Waals surface area contributed by atoms with Gasteiger partial charge in [0.2, 0.25) is 0 Å². The third kappa shape index (κ3) is 3.34. The second-order valence-electron chi connectivity index (χ2n) is 3.66. The number of carbonyl (C=O) groups excluding carboxylic acids is 1. The van der Waals surface area contributed by atoms with Crippen molar-refractivity contribution in [3.05, 3.63) is 29.6 Å². The van der Waals surface area contributed by atoms with Gasteiger partial charge in [-0.3, -0.25) is 14.6 Å². The first-order chi connectivity index (χ1) is 7.50. The fraction of sp³-hybridized carbons (Fsp3) is 0.364. The van der Waals surface area contributed by atoms with E-state index in [9.17, 15) is 9.59 Å². The van der Waals surface area contributed by atoms with Gasteiger partial charge in [0.1, 0.15) is 0 Å². The summed E-state index contributed by atoms with van der Waals surface area (Å²) >= 11 is 0. The summed E-state index contributed by atoms with van der Waals surface area (Å²) < 4.78 is 0. The van der Waals surface area contributed by atoms with E-state index in [1.54, 1.807) is 26.1 Å². The normalized spacial score (nSPS) is 11.9. The quantitative estimate of drug-likeness (QED) is 0.796. The molecule has 0 spiro atoms. The highest BCUT2D eigenvalue weighted by Gasteiger charge is 2.13. The largest absolute Gasteiger partial charge is 0.481 e. The van der Waals surface area contributed by atoms with E-state index in [0.29, 0.717) is 5.56 Å². The van der Waals surface area contributed by atoms with Gasteiger partial charge in [0.05, 0.1) is 12.0 Å². The molecule has 16 heavy (non-hydrogen) atoms. The number of rotatable bonds is 4. The number of carboxylic acid groups (broad SMARTS) is 1. The fourth-order valence-electron chi connectivity index (χ4n) is 1.32. The lowest BCUT2D eigenvalue weighted by molar-refractivity contribution is -0.137. The van der Waals surface area contributed by atoms with E-state index >= 15 is 0 Å². The van der Waals surface area contributed by atoms with Crippen molar-refractivity contribution in [1.82, 2.24) is 10.3 Å². The highest BCUT2D eigenvalue weighted by molar-refractivity contribution is 5.95. The molecule has 0 aliphatic heterocycles. The van der Waals surface area contributed by atoms with Crippen molar-refractivity contribution in [1.29, 1.82) is 0 Å². The van der Waals surface area contributed by atoms with Crippen LogP contribution in [-0.4, -0.2) is 28.0 Å². The Hall–Kier alpha value is -1.91. The zero-order chi connectivity index (χ0) is 12.1. The lowest BCUT2D eigenvalue weighted by atomic mass is 10.1. The number of nitrogens with one attached hydrogen (secondary N) is 1. The predicted molar refractivity (Wildman–Crippen MR) is 58.2 cm³/mol. The molecule has 0 radical (unpaired) electrons. The highest BCUT2D eigenvalue weighted by atomic mass is 16.4. The molecule has 0 saturated heterocycles. The van der Waals surface area contributed by atoms with Gasteiger partial charge in [-0.05, 0) is 25.5 Å². The number of carboxylic acids is 1. The van der Waals surface area contributed by atoms with Crippen molar-refractivity contribution < 1.29 is 14.7 Å². The Balaban J connectivity index is 2.66. The van der Waals surface area contributed by atoms with Crippen LogP contribution in [-0.2, 0) is 4.79 Å². The molecule has 0 aliphatic carbocycles. The van der Waals surface area contributed by atoms with Crippen LogP contribution in [0.1, 0.15) is 29.3 Å². The average Bonchev–Trinajstić information content (AvgIpc) is 2.16. The summed E-state index contributed by atoms with van der Waals surface area (Å²) in [4.78, 5) is 26.0. The summed E-state index contributed by atoms with van der Waals surface area (Å²) in [6, 6.07) is 1.33. The Morgan fingerprint density at radius 1 is 1.56 bits per heavy atom. The van der Waals surface area contributed by atoms with E-state index < -0.39 is 12.0 Å². The Morgan fingerprint density at radius 3 is 2.81 bits per heavy atom. The van der Waals surface area contributed by atoms with E-state index in [1.807, 2.05) is 0 Å². The van der Waals surface area contributed by atoms with Gasteiger partial charge in [-0.25, -0.2) is 0 Å². The Morgan fingerprint density at radius 2 is 2.25 bits per heavy atom. The van der Waals surface area contributed by atoms with Gasteiger partial charge in [0.15, 0.2) is 0 Å². The molecule has 1 atom stereocenters. The third-order valence-corrected chi connectivity index (χ3v) is 2.14. The lowest BCUT2D eigenvalue weighted by Gasteiger charge is -2.12. The smallest absolute Gasteiger partial charge is 0.305 e. The van der Waals surface area contributed by atoms with Crippen molar-refractivity contribution in [2.75, 3.05) is 0 Å². The Kier molecular flexibility index (Phi) is 3.99. The summed E-state index contributed by atoms with van der Waals surface area (Å²) in [5.41, 5.74) is 1.29. The molecule has 2 N–H and O–H groups in total. The first-order valence-corrected chi connectivity index (χ1v) is 4.94. The molecular formula is C11H14N2O3. The van der Waals surface area contributed by atoms with E-state index in [2.05, 4.69) is 10.3 Å². The number of pyridine rings is 1. The first kappa shape index (κ1) is 12.2. The molecule has 1 unspecified atom stereocenters. The molecule has 0 bridgehead atoms. The van der Waals surface area contributed by atoms with Crippen LogP contribution in [0, 0.1) is 6.92 Å². The maximum absolute atomic E-state index is 11.7. The molecule has 5 heteroatoms. The fourth-order valence-corrected chi connectivity index (χ4v) is 1.32. The van der Waals surface area contributed by atoms with Gasteiger partial charge >= 0.3 is 5.97 Å². The molecule has 1 aromatic rings. The zero-order valence-corrected chi connectivity index (χ0v) is 9.23. The topological polar surface area (TPSA) is 79.3 Å². The van der Waals surface area contributed by atoms with Crippen LogP contribution in [0.25, 0.3) is 0 Å². The minimum absolute atomic E-state index is 0.0922. The van der Waals surface area contributed by atoms with E-state index in [0.717, 1.165) is 5.56 Å². The molecule has 0 aromatic carbocycles. The van der Waals surface area contributed by atoms with Gasteiger partial charge in [-0.15, -0.1) is 0 Å². The van der Waals surface area contributed by atoms with Gasteiger partial charge in [-0.1, -0.05) is 0 Å². The van der Waals surface area contributed by atoms with Gasteiger partial charge in [0.25, 0.3) is 5.91 Å². The van der Waals surface area contributed by atoms with Crippen molar-refractivity contribution in [2.45, 2.75) is 26.3 Å². The molecule has 0 aliphatic rings. The van der Waals surface area contributed by atoms with Crippen LogP contribution in [0.2, 0.25) is 0 Å². The molecule has 1 rings (SSSR count). The molecule has 5 nitrogen and oxygen atoms in total. The zero-order valence-electron chi connectivity index (χ0n) is 9.23. The molecule has 86 valence electrons. The van der Waals surface area contributed by atoms with Crippen LogP contribution >= 0.6 is 0 Å². The number of nitrogens with zero attached hydrogens (tertiary/aromatic N) is 1. The van der Waals surface area contributed by atoms with Crippen LogP contribution in [0.4, 0.5) is 0 Å². The van der Waals surface area contributed by atoms with Gasteiger partial charge in [0, 0.05) is 18.4 Å². The standard InChI is InChI=1S/C11H14N2O3/c1-7-3-4-12-6-9(7)11(16)13-8(2)5-10(14)15/h3-4,6,8H,5H2,1-2H3,(H,13,16)(H,14,15). The Labute approximate surface area is 93.5 Å². The van der Waals surface area contributed by atoms with Crippen LogP contribution in [0.3, 0.4) is 0 Å². The van der Waals surface area contributed by atoms with Gasteiger partial charge in [-0.2, -0.15) is 0 Å². The second-order valence-corrected chi connectivity index (χ2v) is 3.66. The Bertz CT molecular complexity index is 404. The summed E-state index contributed by atoms with van der Waals surface area (Å²) in [6.07, 6.45) is 2.98. The van der Waals surface area contributed by atoms with Crippen LogP contribution < -0.4 is 5.32 Å². The number of aliphatic carboxylic acids is 1.